The van der Waals surface area contributed by atoms with Gasteiger partial charge in [-0.3, -0.25) is 0 Å². The van der Waals surface area contributed by atoms with Gasteiger partial charge in [0, 0.05) is 29.4 Å². The van der Waals surface area contributed by atoms with Crippen LogP contribution in [0.25, 0.3) is 11.3 Å². The Morgan fingerprint density at radius 2 is 1.72 bits per heavy atom. The van der Waals surface area contributed by atoms with Crippen LogP contribution in [0, 0.1) is 0 Å². The van der Waals surface area contributed by atoms with Gasteiger partial charge in [0.1, 0.15) is 11.6 Å². The van der Waals surface area contributed by atoms with Gasteiger partial charge in [-0.05, 0) is 37.1 Å². The second-order valence-corrected chi connectivity index (χ2v) is 7.15. The van der Waals surface area contributed by atoms with Gasteiger partial charge in [0.2, 0.25) is 5.95 Å². The van der Waals surface area contributed by atoms with E-state index in [4.69, 9.17) is 9.47 Å². The van der Waals surface area contributed by atoms with Crippen LogP contribution >= 0.6 is 0 Å². The van der Waals surface area contributed by atoms with E-state index in [1.54, 1.807) is 37.4 Å². The molecule has 0 atom stereocenters. The number of anilines is 3. The van der Waals surface area contributed by atoms with Crippen molar-refractivity contribution in [2.24, 2.45) is 0 Å². The van der Waals surface area contributed by atoms with E-state index in [0.29, 0.717) is 46.3 Å². The molecule has 0 bridgehead atoms. The molecule has 10 heteroatoms. The molecule has 7 nitrogen and oxygen atoms in total. The lowest BCUT2D eigenvalue weighted by molar-refractivity contribution is -0.274. The monoisotopic (exact) mass is 446 g/mol. The Morgan fingerprint density at radius 3 is 2.41 bits per heavy atom. The average Bonchev–Trinajstić information content (AvgIpc) is 3.56. The predicted molar refractivity (Wildman–Crippen MR) is 114 cm³/mol. The Hall–Kier alpha value is -3.69. The molecule has 2 aromatic carbocycles. The molecule has 0 radical (unpaired) electrons. The van der Waals surface area contributed by atoms with E-state index in [1.165, 1.54) is 25.3 Å². The first-order valence-corrected chi connectivity index (χ1v) is 9.84. The number of ether oxygens (including phenoxy) is 3. The third-order valence-electron chi connectivity index (χ3n) is 4.66. The van der Waals surface area contributed by atoms with Gasteiger partial charge >= 0.3 is 6.36 Å². The molecule has 32 heavy (non-hydrogen) atoms. The molecular formula is C22H21F3N4O3. The summed E-state index contributed by atoms with van der Waals surface area (Å²) in [5.41, 5.74) is 1.60. The minimum Gasteiger partial charge on any atom is -0.493 e. The zero-order valence-electron chi connectivity index (χ0n) is 17.4. The first kappa shape index (κ1) is 21.5. The Balaban J connectivity index is 1.67. The van der Waals surface area contributed by atoms with E-state index < -0.39 is 6.36 Å². The molecule has 2 N–H and O–H groups in total. The summed E-state index contributed by atoms with van der Waals surface area (Å²) in [4.78, 5) is 8.98. The molecule has 3 aromatic rings. The lowest BCUT2D eigenvalue weighted by Gasteiger charge is -2.14. The van der Waals surface area contributed by atoms with Gasteiger partial charge in [-0.15, -0.1) is 13.2 Å². The number of nitrogens with zero attached hydrogens (tertiary/aromatic N) is 2. The number of benzene rings is 2. The molecule has 0 spiro atoms. The summed E-state index contributed by atoms with van der Waals surface area (Å²) in [6.45, 7) is 0. The molecule has 1 aromatic heterocycles. The van der Waals surface area contributed by atoms with Crippen LogP contribution in [0.1, 0.15) is 12.8 Å². The summed E-state index contributed by atoms with van der Waals surface area (Å²) in [5.74, 6) is 1.65. The summed E-state index contributed by atoms with van der Waals surface area (Å²) in [7, 11) is 3.09. The standard InChI is InChI=1S/C22H21F3N4O3/c1-30-18-9-8-15(11-19(18)31-2)26-20-12-17(28-21(29-20)27-14-6-7-14)13-4-3-5-16(10-13)32-22(23,24)25/h3-5,8-12,14H,6-7H2,1-2H3,(H2,26,27,28,29). The number of rotatable bonds is 8. The number of nitrogens with one attached hydrogen (secondary N) is 2. The van der Waals surface area contributed by atoms with Gasteiger partial charge in [0.25, 0.3) is 0 Å². The average molecular weight is 446 g/mol. The van der Waals surface area contributed by atoms with Crippen molar-refractivity contribution in [3.63, 3.8) is 0 Å². The van der Waals surface area contributed by atoms with Crippen molar-refractivity contribution >= 4 is 17.5 Å². The third-order valence-corrected chi connectivity index (χ3v) is 4.66. The van der Waals surface area contributed by atoms with Crippen LogP contribution in [-0.2, 0) is 0 Å². The maximum absolute atomic E-state index is 12.6. The van der Waals surface area contributed by atoms with Crippen molar-refractivity contribution < 1.29 is 27.4 Å². The molecular weight excluding hydrogens is 425 g/mol. The Morgan fingerprint density at radius 1 is 0.938 bits per heavy atom. The van der Waals surface area contributed by atoms with Gasteiger partial charge < -0.3 is 24.8 Å². The highest BCUT2D eigenvalue weighted by atomic mass is 19.4. The molecule has 1 saturated carbocycles. The number of alkyl halides is 3. The fourth-order valence-corrected chi connectivity index (χ4v) is 3.05. The van der Waals surface area contributed by atoms with Gasteiger partial charge in [0.15, 0.2) is 11.5 Å². The van der Waals surface area contributed by atoms with Crippen LogP contribution in [0.4, 0.5) is 30.6 Å². The van der Waals surface area contributed by atoms with E-state index in [2.05, 4.69) is 25.3 Å². The summed E-state index contributed by atoms with van der Waals surface area (Å²) in [6, 6.07) is 12.9. The Bertz CT molecular complexity index is 1100. The van der Waals surface area contributed by atoms with Crippen LogP contribution < -0.4 is 24.8 Å². The van der Waals surface area contributed by atoms with Crippen molar-refractivity contribution in [2.45, 2.75) is 25.2 Å². The number of aromatic nitrogens is 2. The lowest BCUT2D eigenvalue weighted by Crippen LogP contribution is -2.17. The van der Waals surface area contributed by atoms with Crippen molar-refractivity contribution in [3.05, 3.63) is 48.5 Å². The van der Waals surface area contributed by atoms with Gasteiger partial charge in [-0.1, -0.05) is 12.1 Å². The van der Waals surface area contributed by atoms with Gasteiger partial charge in [0.05, 0.1) is 19.9 Å². The van der Waals surface area contributed by atoms with Crippen molar-refractivity contribution in [2.75, 3.05) is 24.9 Å². The number of halogens is 3. The molecule has 0 unspecified atom stereocenters. The van der Waals surface area contributed by atoms with Crippen molar-refractivity contribution in [3.8, 4) is 28.5 Å². The number of hydrogen-bond acceptors (Lipinski definition) is 7. The fourth-order valence-electron chi connectivity index (χ4n) is 3.05. The molecule has 1 heterocycles. The Kier molecular flexibility index (Phi) is 5.93. The van der Waals surface area contributed by atoms with E-state index in [0.717, 1.165) is 12.8 Å². The maximum atomic E-state index is 12.6. The second-order valence-electron chi connectivity index (χ2n) is 7.15. The normalized spacial score (nSPS) is 13.4. The predicted octanol–water partition coefficient (Wildman–Crippen LogP) is 5.38. The van der Waals surface area contributed by atoms with Crippen LogP contribution in [0.2, 0.25) is 0 Å². The van der Waals surface area contributed by atoms with Crippen molar-refractivity contribution in [1.29, 1.82) is 0 Å². The second kappa shape index (κ2) is 8.81. The van der Waals surface area contributed by atoms with Crippen LogP contribution in [0.3, 0.4) is 0 Å². The smallest absolute Gasteiger partial charge is 0.493 e. The first-order valence-electron chi connectivity index (χ1n) is 9.84. The maximum Gasteiger partial charge on any atom is 0.573 e. The summed E-state index contributed by atoms with van der Waals surface area (Å²) < 4.78 is 52.5. The highest BCUT2D eigenvalue weighted by Gasteiger charge is 2.31. The summed E-state index contributed by atoms with van der Waals surface area (Å²) >= 11 is 0. The first-order chi connectivity index (χ1) is 15.3. The molecule has 1 fully saturated rings. The highest BCUT2D eigenvalue weighted by molar-refractivity contribution is 5.69. The molecule has 0 amide bonds. The van der Waals surface area contributed by atoms with E-state index in [9.17, 15) is 13.2 Å². The number of methoxy groups -OCH3 is 2. The topological polar surface area (TPSA) is 77.5 Å². The van der Waals surface area contributed by atoms with Crippen LogP contribution in [0.5, 0.6) is 17.2 Å². The van der Waals surface area contributed by atoms with Crippen LogP contribution in [0.15, 0.2) is 48.5 Å². The quantitative estimate of drug-likeness (QED) is 0.481. The van der Waals surface area contributed by atoms with Gasteiger partial charge in [-0.2, -0.15) is 4.98 Å². The summed E-state index contributed by atoms with van der Waals surface area (Å²) in [6.07, 6.45) is -2.75. The lowest BCUT2D eigenvalue weighted by atomic mass is 10.1. The van der Waals surface area contributed by atoms with E-state index in [-0.39, 0.29) is 5.75 Å². The minimum absolute atomic E-state index is 0.291. The molecule has 0 saturated heterocycles. The number of hydrogen-bond donors (Lipinski definition) is 2. The molecule has 4 rings (SSSR count). The van der Waals surface area contributed by atoms with E-state index >= 15 is 0 Å². The van der Waals surface area contributed by atoms with Gasteiger partial charge in [-0.25, -0.2) is 4.98 Å². The summed E-state index contributed by atoms with van der Waals surface area (Å²) in [5, 5.41) is 6.42. The molecule has 1 aliphatic carbocycles. The van der Waals surface area contributed by atoms with E-state index in [1.807, 2.05) is 0 Å². The minimum atomic E-state index is -4.77. The Labute approximate surface area is 182 Å². The zero-order chi connectivity index (χ0) is 22.7. The van der Waals surface area contributed by atoms with Crippen LogP contribution in [-0.4, -0.2) is 36.6 Å². The fraction of sp³-hybridized carbons (Fsp3) is 0.273. The zero-order valence-corrected chi connectivity index (χ0v) is 17.4. The molecule has 0 aliphatic heterocycles. The highest BCUT2D eigenvalue weighted by Crippen LogP contribution is 2.33. The third kappa shape index (κ3) is 5.51. The largest absolute Gasteiger partial charge is 0.573 e. The van der Waals surface area contributed by atoms with Crippen molar-refractivity contribution in [1.82, 2.24) is 9.97 Å². The molecule has 1 aliphatic rings. The SMILES string of the molecule is COc1ccc(Nc2cc(-c3cccc(OC(F)(F)F)c3)nc(NC3CC3)n2)cc1OC. The molecule has 168 valence electrons.